The summed E-state index contributed by atoms with van der Waals surface area (Å²) in [6.07, 6.45) is 1.57. The van der Waals surface area contributed by atoms with Crippen molar-refractivity contribution in [3.63, 3.8) is 0 Å². The van der Waals surface area contributed by atoms with Crippen LogP contribution in [0, 0.1) is 0 Å². The van der Waals surface area contributed by atoms with Gasteiger partial charge in [0, 0.05) is 18.4 Å². The van der Waals surface area contributed by atoms with Crippen LogP contribution in [0.2, 0.25) is 0 Å². The van der Waals surface area contributed by atoms with Crippen molar-refractivity contribution in [1.82, 2.24) is 5.16 Å². The maximum Gasteiger partial charge on any atom is 0.138 e. The highest BCUT2D eigenvalue weighted by molar-refractivity contribution is 8.14. The van der Waals surface area contributed by atoms with Crippen molar-refractivity contribution in [3.8, 4) is 0 Å². The first-order chi connectivity index (χ1) is 4.97. The average molecular weight is 154 g/mol. The second kappa shape index (κ2) is 2.46. The van der Waals surface area contributed by atoms with E-state index in [2.05, 4.69) is 14.7 Å². The summed E-state index contributed by atoms with van der Waals surface area (Å²) in [4.78, 5) is 4.24. The molecule has 0 aromatic carbocycles. The van der Waals surface area contributed by atoms with Crippen molar-refractivity contribution in [2.75, 3.05) is 12.3 Å². The molecule has 0 unspecified atom stereocenters. The van der Waals surface area contributed by atoms with Gasteiger partial charge in [-0.25, -0.2) is 0 Å². The monoisotopic (exact) mass is 154 g/mol. The number of hydrogen-bond acceptors (Lipinski definition) is 4. The van der Waals surface area contributed by atoms with Crippen molar-refractivity contribution in [2.45, 2.75) is 0 Å². The Labute approximate surface area is 62.5 Å². The average Bonchev–Trinajstić information content (AvgIpc) is 2.59. The molecule has 0 aliphatic carbocycles. The SMILES string of the molecule is c1cc(C2=NCCS2)no1. The van der Waals surface area contributed by atoms with Crippen molar-refractivity contribution in [1.29, 1.82) is 0 Å². The Morgan fingerprint density at radius 3 is 3.20 bits per heavy atom. The molecule has 0 fully saturated rings. The minimum Gasteiger partial charge on any atom is -0.364 e. The van der Waals surface area contributed by atoms with E-state index in [9.17, 15) is 0 Å². The van der Waals surface area contributed by atoms with Crippen LogP contribution in [-0.4, -0.2) is 22.5 Å². The molecule has 1 aliphatic rings. The van der Waals surface area contributed by atoms with E-state index in [1.807, 2.05) is 6.07 Å². The van der Waals surface area contributed by atoms with E-state index >= 15 is 0 Å². The van der Waals surface area contributed by atoms with Crippen LogP contribution in [0.1, 0.15) is 5.69 Å². The fourth-order valence-electron chi connectivity index (χ4n) is 0.813. The summed E-state index contributed by atoms with van der Waals surface area (Å²) < 4.78 is 4.68. The topological polar surface area (TPSA) is 38.4 Å². The normalized spacial score (nSPS) is 17.4. The minimum absolute atomic E-state index is 0.863. The maximum atomic E-state index is 4.68. The molecule has 52 valence electrons. The molecule has 10 heavy (non-hydrogen) atoms. The Kier molecular flexibility index (Phi) is 1.47. The quantitative estimate of drug-likeness (QED) is 0.609. The van der Waals surface area contributed by atoms with Crippen LogP contribution in [0.4, 0.5) is 0 Å². The lowest BCUT2D eigenvalue weighted by Gasteiger charge is -1.87. The van der Waals surface area contributed by atoms with Gasteiger partial charge in [0.15, 0.2) is 0 Å². The molecule has 0 saturated heterocycles. The van der Waals surface area contributed by atoms with Crippen molar-refractivity contribution in [2.24, 2.45) is 4.99 Å². The molecule has 0 N–H and O–H groups in total. The van der Waals surface area contributed by atoms with Crippen LogP contribution < -0.4 is 0 Å². The van der Waals surface area contributed by atoms with Gasteiger partial charge in [0.2, 0.25) is 0 Å². The van der Waals surface area contributed by atoms with E-state index < -0.39 is 0 Å². The third-order valence-electron chi connectivity index (χ3n) is 1.24. The number of nitrogens with zero attached hydrogens (tertiary/aromatic N) is 2. The van der Waals surface area contributed by atoms with E-state index in [0.717, 1.165) is 23.0 Å². The van der Waals surface area contributed by atoms with Gasteiger partial charge < -0.3 is 4.52 Å². The Balaban J connectivity index is 2.28. The molecule has 0 atom stereocenters. The van der Waals surface area contributed by atoms with Gasteiger partial charge in [-0.3, -0.25) is 4.99 Å². The summed E-state index contributed by atoms with van der Waals surface area (Å²) in [5.74, 6) is 1.07. The van der Waals surface area contributed by atoms with Gasteiger partial charge in [-0.05, 0) is 0 Å². The minimum atomic E-state index is 0.863. The zero-order valence-corrected chi connectivity index (χ0v) is 6.10. The number of rotatable bonds is 1. The Bertz CT molecular complexity index is 242. The summed E-state index contributed by atoms with van der Waals surface area (Å²) in [7, 11) is 0. The zero-order valence-electron chi connectivity index (χ0n) is 5.28. The second-order valence-electron chi connectivity index (χ2n) is 1.92. The van der Waals surface area contributed by atoms with Gasteiger partial charge >= 0.3 is 0 Å². The summed E-state index contributed by atoms with van der Waals surface area (Å²) in [6, 6.07) is 1.83. The highest BCUT2D eigenvalue weighted by Gasteiger charge is 2.11. The maximum absolute atomic E-state index is 4.68. The molecule has 1 aliphatic heterocycles. The molecular weight excluding hydrogens is 148 g/mol. The first-order valence-electron chi connectivity index (χ1n) is 3.05. The van der Waals surface area contributed by atoms with Crippen molar-refractivity contribution >= 4 is 16.8 Å². The first kappa shape index (κ1) is 5.97. The van der Waals surface area contributed by atoms with Crippen LogP contribution in [0.15, 0.2) is 21.8 Å². The van der Waals surface area contributed by atoms with Gasteiger partial charge in [0.05, 0.1) is 0 Å². The predicted molar refractivity (Wildman–Crippen MR) is 40.4 cm³/mol. The fourth-order valence-corrected chi connectivity index (χ4v) is 1.62. The number of aliphatic imine (C=N–C) groups is 1. The van der Waals surface area contributed by atoms with E-state index in [0.29, 0.717) is 0 Å². The van der Waals surface area contributed by atoms with Gasteiger partial charge in [0.1, 0.15) is 17.0 Å². The molecule has 4 heteroatoms. The summed E-state index contributed by atoms with van der Waals surface area (Å²) in [6.45, 7) is 0.910. The smallest absolute Gasteiger partial charge is 0.138 e. The molecule has 3 nitrogen and oxygen atoms in total. The lowest BCUT2D eigenvalue weighted by Crippen LogP contribution is -1.89. The molecule has 2 rings (SSSR count). The summed E-state index contributed by atoms with van der Waals surface area (Å²) in [5.41, 5.74) is 0.863. The van der Waals surface area contributed by atoms with Gasteiger partial charge in [-0.1, -0.05) is 5.16 Å². The number of hydrogen-bond donors (Lipinski definition) is 0. The molecule has 0 radical (unpaired) electrons. The molecule has 0 saturated carbocycles. The number of thioether (sulfide) groups is 1. The molecule has 0 bridgehead atoms. The first-order valence-corrected chi connectivity index (χ1v) is 4.03. The lowest BCUT2D eigenvalue weighted by atomic mass is 10.5. The van der Waals surface area contributed by atoms with Crippen LogP contribution >= 0.6 is 11.8 Å². The zero-order chi connectivity index (χ0) is 6.81. The second-order valence-corrected chi connectivity index (χ2v) is 3.00. The predicted octanol–water partition coefficient (Wildman–Crippen LogP) is 1.17. The third kappa shape index (κ3) is 0.945. The Morgan fingerprint density at radius 2 is 2.60 bits per heavy atom. The largest absolute Gasteiger partial charge is 0.364 e. The molecule has 2 heterocycles. The van der Waals surface area contributed by atoms with E-state index in [4.69, 9.17) is 0 Å². The van der Waals surface area contributed by atoms with Crippen molar-refractivity contribution < 1.29 is 4.52 Å². The summed E-state index contributed by atoms with van der Waals surface area (Å²) in [5, 5.41) is 4.78. The van der Waals surface area contributed by atoms with E-state index in [-0.39, 0.29) is 0 Å². The molecular formula is C6H6N2OS. The molecule has 1 aromatic heterocycles. The Hall–Kier alpha value is -0.770. The molecule has 0 amide bonds. The van der Waals surface area contributed by atoms with Crippen LogP contribution in [0.25, 0.3) is 0 Å². The Morgan fingerprint density at radius 1 is 1.60 bits per heavy atom. The highest BCUT2D eigenvalue weighted by atomic mass is 32.2. The third-order valence-corrected chi connectivity index (χ3v) is 2.24. The van der Waals surface area contributed by atoms with E-state index in [1.165, 1.54) is 0 Å². The molecule has 0 spiro atoms. The standard InChI is InChI=1S/C6H6N2OS/c1-3-9-8-5(1)6-7-2-4-10-6/h1,3H,2,4H2. The van der Waals surface area contributed by atoms with Crippen LogP contribution in [0.3, 0.4) is 0 Å². The van der Waals surface area contributed by atoms with Gasteiger partial charge in [-0.15, -0.1) is 11.8 Å². The van der Waals surface area contributed by atoms with Crippen LogP contribution in [-0.2, 0) is 0 Å². The van der Waals surface area contributed by atoms with Gasteiger partial charge in [0.25, 0.3) is 0 Å². The van der Waals surface area contributed by atoms with Crippen molar-refractivity contribution in [3.05, 3.63) is 18.0 Å². The van der Waals surface area contributed by atoms with Gasteiger partial charge in [-0.2, -0.15) is 0 Å². The summed E-state index contributed by atoms with van der Waals surface area (Å²) >= 11 is 1.73. The lowest BCUT2D eigenvalue weighted by molar-refractivity contribution is 0.418. The fraction of sp³-hybridized carbons (Fsp3) is 0.333. The van der Waals surface area contributed by atoms with Crippen LogP contribution in [0.5, 0.6) is 0 Å². The highest BCUT2D eigenvalue weighted by Crippen LogP contribution is 2.16. The number of aromatic nitrogens is 1. The molecule has 1 aromatic rings. The van der Waals surface area contributed by atoms with E-state index in [1.54, 1.807) is 18.0 Å².